The summed E-state index contributed by atoms with van der Waals surface area (Å²) in [6.45, 7) is 19.3. The highest BCUT2D eigenvalue weighted by Gasteiger charge is 1.76. The summed E-state index contributed by atoms with van der Waals surface area (Å²) in [6.07, 6.45) is 7.69. The van der Waals surface area contributed by atoms with Gasteiger partial charge in [0.1, 0.15) is 0 Å². The van der Waals surface area contributed by atoms with Crippen LogP contribution in [0.3, 0.4) is 0 Å². The molecule has 0 aromatic heterocycles. The molecule has 0 saturated carbocycles. The van der Waals surface area contributed by atoms with Crippen molar-refractivity contribution in [2.75, 3.05) is 0 Å². The summed E-state index contributed by atoms with van der Waals surface area (Å²) in [4.78, 5) is 0. The maximum Gasteiger partial charge on any atom is -0.0398 e. The third-order valence-electron chi connectivity index (χ3n) is 1.25. The number of rotatable bonds is 3. The highest BCUT2D eigenvalue weighted by molar-refractivity contribution is 5.25. The first-order chi connectivity index (χ1) is 6.70. The standard InChI is InChI=1S/C10H14.2C2H6/c1-5-9(3)7-8-10(4)6-2;2*1-2/h5-8H,1-2H2,3-4H3;2*1-2H3/b9-7-,10-8-;;. The molecule has 0 atom stereocenters. The van der Waals surface area contributed by atoms with Crippen molar-refractivity contribution in [3.05, 3.63) is 48.6 Å². The maximum absolute atomic E-state index is 3.64. The van der Waals surface area contributed by atoms with Gasteiger partial charge in [-0.05, 0) is 13.8 Å². The van der Waals surface area contributed by atoms with Crippen molar-refractivity contribution < 1.29 is 0 Å². The van der Waals surface area contributed by atoms with Gasteiger partial charge in [0.15, 0.2) is 0 Å². The van der Waals surface area contributed by atoms with Crippen LogP contribution >= 0.6 is 0 Å². The summed E-state index contributed by atoms with van der Waals surface area (Å²) in [5.74, 6) is 0. The van der Waals surface area contributed by atoms with Crippen molar-refractivity contribution in [1.29, 1.82) is 0 Å². The van der Waals surface area contributed by atoms with Gasteiger partial charge >= 0.3 is 0 Å². The normalized spacial score (nSPS) is 10.1. The van der Waals surface area contributed by atoms with E-state index in [0.717, 1.165) is 0 Å². The van der Waals surface area contributed by atoms with Crippen molar-refractivity contribution in [1.82, 2.24) is 0 Å². The summed E-state index contributed by atoms with van der Waals surface area (Å²) in [7, 11) is 0. The fourth-order valence-electron chi connectivity index (χ4n) is 0.399. The van der Waals surface area contributed by atoms with Crippen LogP contribution in [0.2, 0.25) is 0 Å². The van der Waals surface area contributed by atoms with E-state index < -0.39 is 0 Å². The van der Waals surface area contributed by atoms with E-state index in [1.54, 1.807) is 0 Å². The molecule has 0 N–H and O–H groups in total. The van der Waals surface area contributed by atoms with Crippen LogP contribution in [0.1, 0.15) is 41.5 Å². The average Bonchev–Trinajstić information content (AvgIpc) is 2.30. The van der Waals surface area contributed by atoms with Crippen molar-refractivity contribution in [3.8, 4) is 0 Å². The molecule has 0 aromatic carbocycles. The zero-order valence-corrected chi connectivity index (χ0v) is 10.7. The molecule has 0 rings (SSSR count). The molecule has 0 aliphatic rings. The Hall–Kier alpha value is -1.04. The Kier molecular flexibility index (Phi) is 23.9. The molecule has 0 heteroatoms. The van der Waals surface area contributed by atoms with Crippen LogP contribution < -0.4 is 0 Å². The first-order valence-corrected chi connectivity index (χ1v) is 5.30. The molecule has 0 spiro atoms. The predicted molar refractivity (Wildman–Crippen MR) is 70.6 cm³/mol. The van der Waals surface area contributed by atoms with Crippen molar-refractivity contribution in [3.63, 3.8) is 0 Å². The van der Waals surface area contributed by atoms with Gasteiger partial charge in [0.2, 0.25) is 0 Å². The second kappa shape index (κ2) is 17.9. The molecule has 0 fully saturated rings. The molecule has 0 aromatic rings. The van der Waals surface area contributed by atoms with E-state index in [0.29, 0.717) is 0 Å². The fourth-order valence-corrected chi connectivity index (χ4v) is 0.399. The topological polar surface area (TPSA) is 0 Å². The number of hydrogen-bond acceptors (Lipinski definition) is 0. The molecular formula is C14H26. The summed E-state index contributed by atoms with van der Waals surface area (Å²) in [5.41, 5.74) is 2.34. The molecule has 0 heterocycles. The molecule has 14 heavy (non-hydrogen) atoms. The maximum atomic E-state index is 3.64. The third kappa shape index (κ3) is 17.2. The molecule has 82 valence electrons. The van der Waals surface area contributed by atoms with Crippen LogP contribution in [-0.2, 0) is 0 Å². The second-order valence-corrected chi connectivity index (χ2v) is 2.23. The monoisotopic (exact) mass is 194 g/mol. The summed E-state index contributed by atoms with van der Waals surface area (Å²) in [6, 6.07) is 0. The first-order valence-electron chi connectivity index (χ1n) is 5.30. The minimum absolute atomic E-state index is 1.17. The van der Waals surface area contributed by atoms with Crippen LogP contribution in [0.4, 0.5) is 0 Å². The smallest absolute Gasteiger partial charge is 0.0398 e. The van der Waals surface area contributed by atoms with Crippen molar-refractivity contribution in [2.45, 2.75) is 41.5 Å². The quantitative estimate of drug-likeness (QED) is 0.534. The van der Waals surface area contributed by atoms with Crippen LogP contribution in [0.15, 0.2) is 48.6 Å². The molecular weight excluding hydrogens is 168 g/mol. The van der Waals surface area contributed by atoms with E-state index in [1.807, 2.05) is 65.8 Å². The van der Waals surface area contributed by atoms with Gasteiger partial charge in [-0.15, -0.1) is 0 Å². The zero-order valence-electron chi connectivity index (χ0n) is 10.7. The van der Waals surface area contributed by atoms with E-state index in [4.69, 9.17) is 0 Å². The van der Waals surface area contributed by atoms with Crippen LogP contribution in [-0.4, -0.2) is 0 Å². The Morgan fingerprint density at radius 2 is 0.929 bits per heavy atom. The highest BCUT2D eigenvalue weighted by Crippen LogP contribution is 1.97. The minimum Gasteiger partial charge on any atom is -0.0988 e. The average molecular weight is 194 g/mol. The Morgan fingerprint density at radius 3 is 1.07 bits per heavy atom. The van der Waals surface area contributed by atoms with Gasteiger partial charge in [0.05, 0.1) is 0 Å². The molecule has 0 nitrogen and oxygen atoms in total. The molecule has 0 aliphatic carbocycles. The van der Waals surface area contributed by atoms with Crippen LogP contribution in [0.25, 0.3) is 0 Å². The molecule has 0 unspecified atom stereocenters. The van der Waals surface area contributed by atoms with Gasteiger partial charge in [0, 0.05) is 0 Å². The Labute approximate surface area is 90.7 Å². The van der Waals surface area contributed by atoms with Gasteiger partial charge in [-0.1, -0.05) is 76.3 Å². The van der Waals surface area contributed by atoms with Gasteiger partial charge in [-0.2, -0.15) is 0 Å². The largest absolute Gasteiger partial charge is 0.0988 e. The van der Waals surface area contributed by atoms with E-state index in [2.05, 4.69) is 13.2 Å². The zero-order chi connectivity index (χ0) is 12.0. The van der Waals surface area contributed by atoms with Gasteiger partial charge in [-0.25, -0.2) is 0 Å². The van der Waals surface area contributed by atoms with Gasteiger partial charge in [0.25, 0.3) is 0 Å². The van der Waals surface area contributed by atoms with Gasteiger partial charge in [-0.3, -0.25) is 0 Å². The summed E-state index contributed by atoms with van der Waals surface area (Å²) >= 11 is 0. The SMILES string of the molecule is C=C/C(C)=C\C=C(\C)C=C.CC.CC. The molecule has 0 saturated heterocycles. The second-order valence-electron chi connectivity index (χ2n) is 2.23. The van der Waals surface area contributed by atoms with E-state index in [9.17, 15) is 0 Å². The van der Waals surface area contributed by atoms with E-state index in [1.165, 1.54) is 11.1 Å². The van der Waals surface area contributed by atoms with E-state index >= 15 is 0 Å². The molecule has 0 aliphatic heterocycles. The Balaban J connectivity index is -0.000000266. The van der Waals surface area contributed by atoms with Crippen molar-refractivity contribution in [2.24, 2.45) is 0 Å². The summed E-state index contributed by atoms with van der Waals surface area (Å²) in [5, 5.41) is 0. The summed E-state index contributed by atoms with van der Waals surface area (Å²) < 4.78 is 0. The first kappa shape index (κ1) is 18.7. The molecule has 0 amide bonds. The lowest BCUT2D eigenvalue weighted by Crippen LogP contribution is -1.66. The predicted octanol–water partition coefficient (Wildman–Crippen LogP) is 5.30. The van der Waals surface area contributed by atoms with Crippen molar-refractivity contribution >= 4 is 0 Å². The lowest BCUT2D eigenvalue weighted by atomic mass is 10.2. The minimum atomic E-state index is 1.17. The van der Waals surface area contributed by atoms with Gasteiger partial charge < -0.3 is 0 Å². The lowest BCUT2D eigenvalue weighted by molar-refractivity contribution is 1.49. The highest BCUT2D eigenvalue weighted by atomic mass is 13.8. The Bertz CT molecular complexity index is 158. The molecule has 0 bridgehead atoms. The van der Waals surface area contributed by atoms with Crippen LogP contribution in [0.5, 0.6) is 0 Å². The van der Waals surface area contributed by atoms with E-state index in [-0.39, 0.29) is 0 Å². The number of allylic oxidation sites excluding steroid dienone is 6. The third-order valence-corrected chi connectivity index (χ3v) is 1.25. The lowest BCUT2D eigenvalue weighted by Gasteiger charge is -1.87. The number of hydrogen-bond donors (Lipinski definition) is 0. The fraction of sp³-hybridized carbons (Fsp3) is 0.429. The van der Waals surface area contributed by atoms with Crippen LogP contribution in [0, 0.1) is 0 Å². The Morgan fingerprint density at radius 1 is 0.714 bits per heavy atom. The molecule has 0 radical (unpaired) electrons.